The van der Waals surface area contributed by atoms with Crippen LogP contribution >= 0.6 is 0 Å². The van der Waals surface area contributed by atoms with Crippen molar-refractivity contribution in [3.8, 4) is 11.3 Å². The Kier molecular flexibility index (Phi) is 4.57. The van der Waals surface area contributed by atoms with Crippen molar-refractivity contribution in [1.82, 2.24) is 9.97 Å². The van der Waals surface area contributed by atoms with Crippen molar-refractivity contribution in [3.05, 3.63) is 35.4 Å². The number of fused-ring (bicyclic) bond motifs is 3. The second-order valence-electron chi connectivity index (χ2n) is 7.37. The van der Waals surface area contributed by atoms with Gasteiger partial charge in [-0.05, 0) is 63.0 Å². The van der Waals surface area contributed by atoms with Gasteiger partial charge in [-0.1, -0.05) is 24.3 Å². The van der Waals surface area contributed by atoms with E-state index in [0.717, 1.165) is 50.2 Å². The van der Waals surface area contributed by atoms with Gasteiger partial charge in [0.25, 0.3) is 0 Å². The molecule has 0 spiro atoms. The van der Waals surface area contributed by atoms with Crippen LogP contribution in [-0.2, 0) is 12.8 Å². The van der Waals surface area contributed by atoms with Crippen LogP contribution in [0.3, 0.4) is 0 Å². The Balaban J connectivity index is 1.66. The minimum atomic E-state index is 0.355. The van der Waals surface area contributed by atoms with Crippen LogP contribution < -0.4 is 16.8 Å². The van der Waals surface area contributed by atoms with Crippen molar-refractivity contribution < 1.29 is 0 Å². The number of aryl methyl sites for hydroxylation is 1. The van der Waals surface area contributed by atoms with Crippen molar-refractivity contribution in [2.24, 2.45) is 11.7 Å². The Morgan fingerprint density at radius 2 is 1.84 bits per heavy atom. The zero-order chi connectivity index (χ0) is 17.2. The van der Waals surface area contributed by atoms with Gasteiger partial charge < -0.3 is 16.8 Å². The molecule has 5 nitrogen and oxygen atoms in total. The smallest absolute Gasteiger partial charge is 0.222 e. The van der Waals surface area contributed by atoms with E-state index in [9.17, 15) is 0 Å². The second kappa shape index (κ2) is 7.00. The fraction of sp³-hybridized carbons (Fsp3) is 0.500. The van der Waals surface area contributed by atoms with Crippen molar-refractivity contribution in [1.29, 1.82) is 0 Å². The maximum Gasteiger partial charge on any atom is 0.222 e. The number of nitrogens with zero attached hydrogens (tertiary/aromatic N) is 2. The number of hydrogen-bond acceptors (Lipinski definition) is 5. The molecule has 0 bridgehead atoms. The first-order valence-corrected chi connectivity index (χ1v) is 9.46. The topological polar surface area (TPSA) is 89.8 Å². The summed E-state index contributed by atoms with van der Waals surface area (Å²) in [5.74, 6) is 1.97. The van der Waals surface area contributed by atoms with Crippen LogP contribution in [0.25, 0.3) is 11.3 Å². The van der Waals surface area contributed by atoms with E-state index < -0.39 is 0 Å². The normalized spacial score (nSPS) is 22.6. The molecule has 1 aromatic heterocycles. The Bertz CT molecular complexity index is 750. The lowest BCUT2D eigenvalue weighted by Gasteiger charge is -2.29. The molecule has 0 atom stereocenters. The number of nitrogens with one attached hydrogen (secondary N) is 1. The standard InChI is InChI=1S/C20H27N5/c21-12-13-8-10-15(11-9-13)23-19-17-7-3-5-14-4-1-2-6-16(14)18(17)24-20(22)25-19/h1-2,4,6,13,15H,3,5,7-12,21H2,(H3,22,23,24,25). The molecule has 1 saturated carbocycles. The van der Waals surface area contributed by atoms with Gasteiger partial charge in [0, 0.05) is 17.2 Å². The van der Waals surface area contributed by atoms with Gasteiger partial charge in [-0.2, -0.15) is 4.98 Å². The van der Waals surface area contributed by atoms with Crippen LogP contribution in [0.15, 0.2) is 24.3 Å². The first-order valence-electron chi connectivity index (χ1n) is 9.46. The van der Waals surface area contributed by atoms with Crippen molar-refractivity contribution in [2.45, 2.75) is 51.0 Å². The highest BCUT2D eigenvalue weighted by molar-refractivity contribution is 5.73. The predicted molar refractivity (Wildman–Crippen MR) is 102 cm³/mol. The zero-order valence-corrected chi connectivity index (χ0v) is 14.7. The van der Waals surface area contributed by atoms with Crippen LogP contribution in [-0.4, -0.2) is 22.6 Å². The van der Waals surface area contributed by atoms with Crippen molar-refractivity contribution in [2.75, 3.05) is 17.6 Å². The van der Waals surface area contributed by atoms with E-state index in [4.69, 9.17) is 11.5 Å². The summed E-state index contributed by atoms with van der Waals surface area (Å²) in [6.45, 7) is 0.805. The lowest BCUT2D eigenvalue weighted by atomic mass is 9.86. The number of nitrogen functional groups attached to an aromatic ring is 1. The maximum atomic E-state index is 6.06. The van der Waals surface area contributed by atoms with E-state index in [2.05, 4.69) is 39.6 Å². The lowest BCUT2D eigenvalue weighted by molar-refractivity contribution is 0.344. The molecule has 2 aromatic rings. The SMILES string of the molecule is NCC1CCC(Nc2nc(N)nc3c2CCCc2ccccc2-3)CC1. The highest BCUT2D eigenvalue weighted by Crippen LogP contribution is 2.35. The third-order valence-corrected chi connectivity index (χ3v) is 5.69. The minimum Gasteiger partial charge on any atom is -0.368 e. The number of benzene rings is 1. The quantitative estimate of drug-likeness (QED) is 0.800. The van der Waals surface area contributed by atoms with Crippen LogP contribution in [0.5, 0.6) is 0 Å². The van der Waals surface area contributed by atoms with Gasteiger partial charge in [-0.25, -0.2) is 4.98 Å². The van der Waals surface area contributed by atoms with Gasteiger partial charge in [0.05, 0.1) is 5.69 Å². The molecule has 2 aliphatic rings. The Labute approximate surface area is 149 Å². The highest BCUT2D eigenvalue weighted by Gasteiger charge is 2.24. The monoisotopic (exact) mass is 337 g/mol. The molecule has 0 aliphatic heterocycles. The summed E-state index contributed by atoms with van der Waals surface area (Å²) in [6.07, 6.45) is 7.87. The number of anilines is 2. The van der Waals surface area contributed by atoms with Gasteiger partial charge in [0.1, 0.15) is 5.82 Å². The molecule has 1 aromatic carbocycles. The molecule has 4 rings (SSSR count). The first-order chi connectivity index (χ1) is 12.2. The zero-order valence-electron chi connectivity index (χ0n) is 14.7. The molecule has 132 valence electrons. The van der Waals surface area contributed by atoms with Crippen LogP contribution in [0.2, 0.25) is 0 Å². The van der Waals surface area contributed by atoms with E-state index in [0.29, 0.717) is 17.9 Å². The van der Waals surface area contributed by atoms with Crippen molar-refractivity contribution >= 4 is 11.8 Å². The molecular formula is C20H27N5. The molecular weight excluding hydrogens is 310 g/mol. The van der Waals surface area contributed by atoms with Crippen LogP contribution in [0.1, 0.15) is 43.2 Å². The summed E-state index contributed by atoms with van der Waals surface area (Å²) < 4.78 is 0. The van der Waals surface area contributed by atoms with Gasteiger partial charge in [0.15, 0.2) is 0 Å². The van der Waals surface area contributed by atoms with E-state index in [-0.39, 0.29) is 0 Å². The molecule has 25 heavy (non-hydrogen) atoms. The number of rotatable bonds is 3. The third kappa shape index (κ3) is 3.33. The Hall–Kier alpha value is -2.14. The Morgan fingerprint density at radius 1 is 1.04 bits per heavy atom. The number of aromatic nitrogens is 2. The summed E-state index contributed by atoms with van der Waals surface area (Å²) >= 11 is 0. The minimum absolute atomic E-state index is 0.355. The third-order valence-electron chi connectivity index (χ3n) is 5.69. The second-order valence-corrected chi connectivity index (χ2v) is 7.37. The number of hydrogen-bond donors (Lipinski definition) is 3. The molecule has 0 amide bonds. The van der Waals surface area contributed by atoms with E-state index in [1.54, 1.807) is 0 Å². The molecule has 1 fully saturated rings. The fourth-order valence-corrected chi connectivity index (χ4v) is 4.24. The summed E-state index contributed by atoms with van der Waals surface area (Å²) in [5, 5.41) is 3.68. The van der Waals surface area contributed by atoms with Crippen LogP contribution in [0, 0.1) is 5.92 Å². The van der Waals surface area contributed by atoms with E-state index in [1.165, 1.54) is 29.5 Å². The summed E-state index contributed by atoms with van der Waals surface area (Å²) in [5.41, 5.74) is 16.7. The van der Waals surface area contributed by atoms with Gasteiger partial charge >= 0.3 is 0 Å². The van der Waals surface area contributed by atoms with Crippen molar-refractivity contribution in [3.63, 3.8) is 0 Å². The predicted octanol–water partition coefficient (Wildman–Crippen LogP) is 3.14. The van der Waals surface area contributed by atoms with Crippen LogP contribution in [0.4, 0.5) is 11.8 Å². The lowest BCUT2D eigenvalue weighted by Crippen LogP contribution is -2.30. The first kappa shape index (κ1) is 16.3. The molecule has 0 saturated heterocycles. The molecule has 0 radical (unpaired) electrons. The average Bonchev–Trinajstić information content (AvgIpc) is 2.82. The summed E-state index contributed by atoms with van der Waals surface area (Å²) in [7, 11) is 0. The average molecular weight is 337 g/mol. The van der Waals surface area contributed by atoms with Gasteiger partial charge in [0.2, 0.25) is 5.95 Å². The van der Waals surface area contributed by atoms with E-state index >= 15 is 0 Å². The van der Waals surface area contributed by atoms with E-state index in [1.807, 2.05) is 0 Å². The molecule has 5 heteroatoms. The fourth-order valence-electron chi connectivity index (χ4n) is 4.24. The maximum absolute atomic E-state index is 6.06. The molecule has 5 N–H and O–H groups in total. The highest BCUT2D eigenvalue weighted by atomic mass is 15.1. The molecule has 0 unspecified atom stereocenters. The number of nitrogens with two attached hydrogens (primary N) is 2. The largest absolute Gasteiger partial charge is 0.368 e. The summed E-state index contributed by atoms with van der Waals surface area (Å²) in [6, 6.07) is 8.99. The summed E-state index contributed by atoms with van der Waals surface area (Å²) in [4.78, 5) is 9.17. The van der Waals surface area contributed by atoms with Gasteiger partial charge in [-0.3, -0.25) is 0 Å². The van der Waals surface area contributed by atoms with Gasteiger partial charge in [-0.15, -0.1) is 0 Å². The molecule has 1 heterocycles. The Morgan fingerprint density at radius 3 is 2.64 bits per heavy atom. The molecule has 2 aliphatic carbocycles.